The minimum absolute atomic E-state index is 0.188. The van der Waals surface area contributed by atoms with Crippen molar-refractivity contribution in [2.24, 2.45) is 5.92 Å². The Morgan fingerprint density at radius 2 is 2.10 bits per heavy atom. The number of carbonyl (C=O) groups excluding carboxylic acids is 2. The lowest BCUT2D eigenvalue weighted by molar-refractivity contribution is -0.145. The van der Waals surface area contributed by atoms with Crippen LogP contribution >= 0.6 is 0 Å². The Labute approximate surface area is 121 Å². The molecule has 21 heavy (non-hydrogen) atoms. The standard InChI is InChI=1S/C13H19F2N3O3/c1-8(2)4-9(13(20)21-3)17-11(19)6-18-5-10(12(14)15)16-7-18/h5,7-9,12H,4,6H2,1-3H3,(H,17,19). The van der Waals surface area contributed by atoms with Crippen LogP contribution in [-0.4, -0.2) is 34.6 Å². The number of carbonyl (C=O) groups is 2. The van der Waals surface area contributed by atoms with Crippen LogP contribution in [0.3, 0.4) is 0 Å². The fourth-order valence-electron chi connectivity index (χ4n) is 1.81. The van der Waals surface area contributed by atoms with Crippen molar-refractivity contribution in [3.8, 4) is 0 Å². The van der Waals surface area contributed by atoms with Crippen molar-refractivity contribution in [3.63, 3.8) is 0 Å². The van der Waals surface area contributed by atoms with E-state index in [1.165, 1.54) is 11.7 Å². The molecule has 6 nitrogen and oxygen atoms in total. The first-order valence-electron chi connectivity index (χ1n) is 6.50. The molecule has 0 bridgehead atoms. The van der Waals surface area contributed by atoms with E-state index in [0.29, 0.717) is 6.42 Å². The first-order valence-corrected chi connectivity index (χ1v) is 6.50. The third-order valence-corrected chi connectivity index (χ3v) is 2.73. The van der Waals surface area contributed by atoms with Crippen molar-refractivity contribution in [1.82, 2.24) is 14.9 Å². The van der Waals surface area contributed by atoms with Crippen LogP contribution in [0.2, 0.25) is 0 Å². The van der Waals surface area contributed by atoms with E-state index in [1.54, 1.807) is 0 Å². The number of alkyl halides is 2. The molecule has 1 rings (SSSR count). The summed E-state index contributed by atoms with van der Waals surface area (Å²) in [4.78, 5) is 26.9. The average molecular weight is 303 g/mol. The van der Waals surface area contributed by atoms with Gasteiger partial charge in [0.2, 0.25) is 5.91 Å². The van der Waals surface area contributed by atoms with Gasteiger partial charge in [0.05, 0.1) is 13.4 Å². The number of aromatic nitrogens is 2. The van der Waals surface area contributed by atoms with Gasteiger partial charge in [0.15, 0.2) is 0 Å². The molecular formula is C13H19F2N3O3. The molecule has 0 saturated heterocycles. The van der Waals surface area contributed by atoms with Gasteiger partial charge in [-0.25, -0.2) is 18.6 Å². The summed E-state index contributed by atoms with van der Waals surface area (Å²) in [6.45, 7) is 3.63. The van der Waals surface area contributed by atoms with Crippen LogP contribution in [0.25, 0.3) is 0 Å². The van der Waals surface area contributed by atoms with E-state index in [-0.39, 0.29) is 12.5 Å². The van der Waals surface area contributed by atoms with Crippen LogP contribution in [0.4, 0.5) is 8.78 Å². The SMILES string of the molecule is COC(=O)C(CC(C)C)NC(=O)Cn1cnc(C(F)F)c1. The topological polar surface area (TPSA) is 73.2 Å². The normalized spacial score (nSPS) is 12.5. The Kier molecular flexibility index (Phi) is 6.26. The number of halogens is 2. The molecule has 1 unspecified atom stereocenters. The van der Waals surface area contributed by atoms with Gasteiger partial charge < -0.3 is 14.6 Å². The molecule has 0 aromatic carbocycles. The van der Waals surface area contributed by atoms with Gasteiger partial charge in [-0.15, -0.1) is 0 Å². The maximum atomic E-state index is 12.4. The molecule has 118 valence electrons. The Morgan fingerprint density at radius 3 is 2.57 bits per heavy atom. The number of rotatable bonds is 7. The Balaban J connectivity index is 2.62. The Bertz CT molecular complexity index is 489. The highest BCUT2D eigenvalue weighted by Crippen LogP contribution is 2.15. The molecule has 1 aromatic heterocycles. The van der Waals surface area contributed by atoms with Crippen molar-refractivity contribution < 1.29 is 23.1 Å². The number of imidazole rings is 1. The number of nitrogens with zero attached hydrogens (tertiary/aromatic N) is 2. The summed E-state index contributed by atoms with van der Waals surface area (Å²) >= 11 is 0. The molecule has 0 saturated carbocycles. The van der Waals surface area contributed by atoms with E-state index >= 15 is 0 Å². The quantitative estimate of drug-likeness (QED) is 0.775. The van der Waals surface area contributed by atoms with Crippen LogP contribution < -0.4 is 5.32 Å². The maximum absolute atomic E-state index is 12.4. The van der Waals surface area contributed by atoms with Crippen LogP contribution in [0, 0.1) is 5.92 Å². The molecular weight excluding hydrogens is 284 g/mol. The maximum Gasteiger partial charge on any atom is 0.328 e. The van der Waals surface area contributed by atoms with Crippen molar-refractivity contribution in [2.45, 2.75) is 39.3 Å². The van der Waals surface area contributed by atoms with Gasteiger partial charge in [0, 0.05) is 6.20 Å². The largest absolute Gasteiger partial charge is 0.467 e. The highest BCUT2D eigenvalue weighted by Gasteiger charge is 2.22. The van der Waals surface area contributed by atoms with Crippen LogP contribution in [0.5, 0.6) is 0 Å². The van der Waals surface area contributed by atoms with E-state index in [4.69, 9.17) is 0 Å². The molecule has 1 amide bonds. The highest BCUT2D eigenvalue weighted by atomic mass is 19.3. The zero-order valence-corrected chi connectivity index (χ0v) is 12.2. The lowest BCUT2D eigenvalue weighted by atomic mass is 10.0. The lowest BCUT2D eigenvalue weighted by Gasteiger charge is -2.18. The minimum atomic E-state index is -2.68. The molecule has 1 aromatic rings. The first-order chi connectivity index (χ1) is 9.83. The number of methoxy groups -OCH3 is 1. The summed E-state index contributed by atoms with van der Waals surface area (Å²) in [5, 5.41) is 2.54. The molecule has 0 spiro atoms. The summed E-state index contributed by atoms with van der Waals surface area (Å²) in [5.41, 5.74) is -0.394. The van der Waals surface area contributed by atoms with Crippen LogP contribution in [0.1, 0.15) is 32.4 Å². The van der Waals surface area contributed by atoms with E-state index in [9.17, 15) is 18.4 Å². The minimum Gasteiger partial charge on any atom is -0.467 e. The molecule has 0 aliphatic rings. The molecule has 0 fully saturated rings. The molecule has 8 heteroatoms. The van der Waals surface area contributed by atoms with Gasteiger partial charge in [-0.1, -0.05) is 13.8 Å². The lowest BCUT2D eigenvalue weighted by Crippen LogP contribution is -2.43. The second kappa shape index (κ2) is 7.70. The van der Waals surface area contributed by atoms with E-state index < -0.39 is 30.0 Å². The van der Waals surface area contributed by atoms with Crippen molar-refractivity contribution >= 4 is 11.9 Å². The monoisotopic (exact) mass is 303 g/mol. The second-order valence-electron chi connectivity index (χ2n) is 5.04. The van der Waals surface area contributed by atoms with E-state index in [2.05, 4.69) is 15.0 Å². The van der Waals surface area contributed by atoms with Crippen molar-refractivity contribution in [3.05, 3.63) is 18.2 Å². The predicted molar refractivity (Wildman–Crippen MR) is 70.6 cm³/mol. The van der Waals surface area contributed by atoms with Gasteiger partial charge in [-0.05, 0) is 12.3 Å². The number of hydrogen-bond acceptors (Lipinski definition) is 4. The third kappa shape index (κ3) is 5.49. The fraction of sp³-hybridized carbons (Fsp3) is 0.615. The molecule has 1 N–H and O–H groups in total. The van der Waals surface area contributed by atoms with Gasteiger partial charge in [0.25, 0.3) is 6.43 Å². The summed E-state index contributed by atoms with van der Waals surface area (Å²) in [7, 11) is 1.24. The smallest absolute Gasteiger partial charge is 0.328 e. The molecule has 0 aliphatic carbocycles. The first kappa shape index (κ1) is 17.1. The second-order valence-corrected chi connectivity index (χ2v) is 5.04. The number of hydrogen-bond donors (Lipinski definition) is 1. The average Bonchev–Trinajstić information content (AvgIpc) is 2.85. The molecule has 1 heterocycles. The number of nitrogens with one attached hydrogen (secondary N) is 1. The summed E-state index contributed by atoms with van der Waals surface area (Å²) in [6, 6.07) is -0.749. The zero-order chi connectivity index (χ0) is 16.0. The molecule has 0 aliphatic heterocycles. The zero-order valence-electron chi connectivity index (χ0n) is 12.2. The third-order valence-electron chi connectivity index (χ3n) is 2.73. The van der Waals surface area contributed by atoms with Gasteiger partial charge in [-0.3, -0.25) is 4.79 Å². The Morgan fingerprint density at radius 1 is 1.43 bits per heavy atom. The number of ether oxygens (including phenoxy) is 1. The molecule has 1 atom stereocenters. The fourth-order valence-corrected chi connectivity index (χ4v) is 1.81. The van der Waals surface area contributed by atoms with Gasteiger partial charge in [0.1, 0.15) is 18.3 Å². The van der Waals surface area contributed by atoms with Gasteiger partial charge >= 0.3 is 5.97 Å². The predicted octanol–water partition coefficient (Wildman–Crippen LogP) is 1.52. The summed E-state index contributed by atoms with van der Waals surface area (Å²) in [6.07, 6.45) is -0.000661. The van der Waals surface area contributed by atoms with Crippen LogP contribution in [0.15, 0.2) is 12.5 Å². The van der Waals surface area contributed by atoms with Crippen LogP contribution in [-0.2, 0) is 20.9 Å². The molecule has 0 radical (unpaired) electrons. The van der Waals surface area contributed by atoms with E-state index in [0.717, 1.165) is 12.5 Å². The number of esters is 1. The summed E-state index contributed by atoms with van der Waals surface area (Å²) < 4.78 is 30.6. The number of amides is 1. The summed E-state index contributed by atoms with van der Waals surface area (Å²) in [5.74, 6) is -0.812. The van der Waals surface area contributed by atoms with Gasteiger partial charge in [-0.2, -0.15) is 0 Å². The van der Waals surface area contributed by atoms with Crippen molar-refractivity contribution in [1.29, 1.82) is 0 Å². The van der Waals surface area contributed by atoms with E-state index in [1.807, 2.05) is 13.8 Å². The Hall–Kier alpha value is -1.99. The van der Waals surface area contributed by atoms with Crippen molar-refractivity contribution in [2.75, 3.05) is 7.11 Å². The highest BCUT2D eigenvalue weighted by molar-refractivity contribution is 5.84.